The van der Waals surface area contributed by atoms with Gasteiger partial charge in [-0.05, 0) is 37.5 Å². The fourth-order valence-corrected chi connectivity index (χ4v) is 2.63. The Balaban J connectivity index is 0.00000220. The van der Waals surface area contributed by atoms with Gasteiger partial charge in [0.1, 0.15) is 5.75 Å². The van der Waals surface area contributed by atoms with Gasteiger partial charge in [0.15, 0.2) is 0 Å². The second kappa shape index (κ2) is 7.87. The number of ether oxygens (including phenoxy) is 1. The predicted octanol–water partition coefficient (Wildman–Crippen LogP) is 3.76. The van der Waals surface area contributed by atoms with Gasteiger partial charge in [0.05, 0.1) is 17.2 Å². The van der Waals surface area contributed by atoms with Gasteiger partial charge in [-0.2, -0.15) is 0 Å². The van der Waals surface area contributed by atoms with E-state index >= 15 is 0 Å². The summed E-state index contributed by atoms with van der Waals surface area (Å²) in [6.45, 7) is 2.65. The molecule has 1 amide bonds. The minimum Gasteiger partial charge on any atom is -0.492 e. The van der Waals surface area contributed by atoms with Crippen LogP contribution in [0, 0.1) is 0 Å². The number of carbonyl (C=O) groups is 1. The third-order valence-electron chi connectivity index (χ3n) is 3.60. The summed E-state index contributed by atoms with van der Waals surface area (Å²) in [5, 5.41) is 3.34. The maximum atomic E-state index is 12.2. The van der Waals surface area contributed by atoms with Crippen molar-refractivity contribution in [3.63, 3.8) is 0 Å². The third-order valence-corrected chi connectivity index (χ3v) is 3.89. The molecule has 1 aromatic carbocycles. The summed E-state index contributed by atoms with van der Waals surface area (Å²) < 4.78 is 5.50. The summed E-state index contributed by atoms with van der Waals surface area (Å²) in [6.07, 6.45) is 4.42. The molecule has 0 aliphatic heterocycles. The number of hydrogen-bond acceptors (Lipinski definition) is 3. The summed E-state index contributed by atoms with van der Waals surface area (Å²) in [5.74, 6) is 0.503. The van der Waals surface area contributed by atoms with Crippen LogP contribution in [0.4, 0.5) is 5.69 Å². The molecule has 0 heterocycles. The van der Waals surface area contributed by atoms with Gasteiger partial charge in [-0.25, -0.2) is 0 Å². The monoisotopic (exact) mass is 332 g/mol. The van der Waals surface area contributed by atoms with Crippen LogP contribution in [0.15, 0.2) is 18.2 Å². The normalized spacial score (nSPS) is 16.1. The Kier molecular flexibility index (Phi) is 6.78. The first-order chi connectivity index (χ1) is 9.55. The van der Waals surface area contributed by atoms with E-state index in [0.717, 1.165) is 32.1 Å². The lowest BCUT2D eigenvalue weighted by Crippen LogP contribution is -2.48. The van der Waals surface area contributed by atoms with Crippen LogP contribution in [0.25, 0.3) is 0 Å². The van der Waals surface area contributed by atoms with Crippen molar-refractivity contribution >= 4 is 35.6 Å². The maximum absolute atomic E-state index is 12.2. The lowest BCUT2D eigenvalue weighted by atomic mass is 9.98. The van der Waals surface area contributed by atoms with E-state index < -0.39 is 5.54 Å². The Bertz CT molecular complexity index is 489. The van der Waals surface area contributed by atoms with Gasteiger partial charge in [-0.15, -0.1) is 12.4 Å². The molecule has 1 aliphatic rings. The van der Waals surface area contributed by atoms with E-state index in [9.17, 15) is 4.79 Å². The van der Waals surface area contributed by atoms with E-state index in [2.05, 4.69) is 5.32 Å². The first-order valence-corrected chi connectivity index (χ1v) is 7.45. The van der Waals surface area contributed by atoms with Crippen molar-refractivity contribution in [3.8, 4) is 5.75 Å². The minimum atomic E-state index is -0.732. The first kappa shape index (κ1) is 18.1. The number of benzene rings is 1. The van der Waals surface area contributed by atoms with Crippen LogP contribution in [0.3, 0.4) is 0 Å². The molecule has 0 radical (unpaired) electrons. The number of halogens is 2. The average Bonchev–Trinajstić information content (AvgIpc) is 2.86. The Labute approximate surface area is 136 Å². The molecular formula is C15H22Cl2N2O2. The van der Waals surface area contributed by atoms with Crippen molar-refractivity contribution in [2.75, 3.05) is 11.9 Å². The highest BCUT2D eigenvalue weighted by Crippen LogP contribution is 2.31. The second-order valence-electron chi connectivity index (χ2n) is 5.31. The molecule has 0 bridgehead atoms. The number of rotatable bonds is 5. The van der Waals surface area contributed by atoms with Gasteiger partial charge in [-0.1, -0.05) is 31.4 Å². The highest BCUT2D eigenvalue weighted by Gasteiger charge is 2.36. The highest BCUT2D eigenvalue weighted by molar-refractivity contribution is 6.32. The molecule has 3 N–H and O–H groups in total. The lowest BCUT2D eigenvalue weighted by Gasteiger charge is -2.22. The molecule has 0 atom stereocenters. The zero-order valence-electron chi connectivity index (χ0n) is 12.2. The van der Waals surface area contributed by atoms with E-state index in [-0.39, 0.29) is 18.3 Å². The van der Waals surface area contributed by atoms with E-state index in [0.29, 0.717) is 23.1 Å². The first-order valence-electron chi connectivity index (χ1n) is 7.08. The van der Waals surface area contributed by atoms with Crippen LogP contribution in [0.1, 0.15) is 39.0 Å². The quantitative estimate of drug-likeness (QED) is 0.862. The van der Waals surface area contributed by atoms with Crippen molar-refractivity contribution in [3.05, 3.63) is 23.2 Å². The number of nitrogens with two attached hydrogens (primary N) is 1. The Hall–Kier alpha value is -0.970. The van der Waals surface area contributed by atoms with E-state index in [1.807, 2.05) is 6.92 Å². The summed E-state index contributed by atoms with van der Waals surface area (Å²) in [4.78, 5) is 12.2. The number of nitrogens with one attached hydrogen (secondary N) is 1. The maximum Gasteiger partial charge on any atom is 0.244 e. The fraction of sp³-hybridized carbons (Fsp3) is 0.533. The minimum absolute atomic E-state index is 0. The van der Waals surface area contributed by atoms with Crippen LogP contribution in [0.2, 0.25) is 5.02 Å². The standard InChI is InChI=1S/C15H21ClN2O2.ClH/c1-2-9-20-13-6-5-11(10-12(13)16)18-14(19)15(17)7-3-4-8-15;/h5-6,10H,2-4,7-9,17H2,1H3,(H,18,19);1H. The Morgan fingerprint density at radius 1 is 1.43 bits per heavy atom. The molecule has 2 rings (SSSR count). The SMILES string of the molecule is CCCOc1ccc(NC(=O)C2(N)CCCC2)cc1Cl.Cl. The Morgan fingerprint density at radius 3 is 2.67 bits per heavy atom. The summed E-state index contributed by atoms with van der Waals surface area (Å²) in [5.41, 5.74) is 6.04. The third kappa shape index (κ3) is 4.50. The number of hydrogen-bond donors (Lipinski definition) is 2. The highest BCUT2D eigenvalue weighted by atomic mass is 35.5. The molecule has 1 aromatic rings. The molecule has 0 saturated heterocycles. The van der Waals surface area contributed by atoms with Crippen molar-refractivity contribution in [2.45, 2.75) is 44.6 Å². The molecule has 118 valence electrons. The zero-order chi connectivity index (χ0) is 14.6. The number of amides is 1. The molecule has 1 aliphatic carbocycles. The molecule has 0 unspecified atom stereocenters. The van der Waals surface area contributed by atoms with Crippen LogP contribution in [-0.4, -0.2) is 18.1 Å². The number of anilines is 1. The topological polar surface area (TPSA) is 64.3 Å². The zero-order valence-corrected chi connectivity index (χ0v) is 13.7. The Morgan fingerprint density at radius 2 is 2.10 bits per heavy atom. The van der Waals surface area contributed by atoms with Gasteiger partial charge in [0, 0.05) is 5.69 Å². The average molecular weight is 333 g/mol. The summed E-state index contributed by atoms with van der Waals surface area (Å²) >= 11 is 6.14. The van der Waals surface area contributed by atoms with Crippen LogP contribution >= 0.6 is 24.0 Å². The molecule has 6 heteroatoms. The van der Waals surface area contributed by atoms with Crippen LogP contribution in [0.5, 0.6) is 5.75 Å². The molecule has 1 fully saturated rings. The fourth-order valence-electron chi connectivity index (χ4n) is 2.40. The van der Waals surface area contributed by atoms with Gasteiger partial charge >= 0.3 is 0 Å². The molecular weight excluding hydrogens is 311 g/mol. The second-order valence-corrected chi connectivity index (χ2v) is 5.72. The van der Waals surface area contributed by atoms with Gasteiger partial charge in [0.2, 0.25) is 5.91 Å². The van der Waals surface area contributed by atoms with Gasteiger partial charge in [0.25, 0.3) is 0 Å². The predicted molar refractivity (Wildman–Crippen MR) is 88.5 cm³/mol. The molecule has 0 aromatic heterocycles. The van der Waals surface area contributed by atoms with E-state index in [4.69, 9.17) is 22.1 Å². The molecule has 21 heavy (non-hydrogen) atoms. The van der Waals surface area contributed by atoms with Crippen LogP contribution < -0.4 is 15.8 Å². The van der Waals surface area contributed by atoms with Crippen molar-refractivity contribution < 1.29 is 9.53 Å². The van der Waals surface area contributed by atoms with Gasteiger partial charge in [-0.3, -0.25) is 4.79 Å². The van der Waals surface area contributed by atoms with Gasteiger partial charge < -0.3 is 15.8 Å². The van der Waals surface area contributed by atoms with E-state index in [1.54, 1.807) is 18.2 Å². The van der Waals surface area contributed by atoms with Crippen molar-refractivity contribution in [2.24, 2.45) is 5.73 Å². The molecule has 0 spiro atoms. The molecule has 4 nitrogen and oxygen atoms in total. The summed E-state index contributed by atoms with van der Waals surface area (Å²) in [7, 11) is 0. The lowest BCUT2D eigenvalue weighted by molar-refractivity contribution is -0.121. The van der Waals surface area contributed by atoms with Crippen molar-refractivity contribution in [1.29, 1.82) is 0 Å². The largest absolute Gasteiger partial charge is 0.492 e. The smallest absolute Gasteiger partial charge is 0.244 e. The molecule has 1 saturated carbocycles. The van der Waals surface area contributed by atoms with Crippen molar-refractivity contribution in [1.82, 2.24) is 0 Å². The number of carbonyl (C=O) groups excluding carboxylic acids is 1. The van der Waals surface area contributed by atoms with Crippen LogP contribution in [-0.2, 0) is 4.79 Å². The summed E-state index contributed by atoms with van der Waals surface area (Å²) in [6, 6.07) is 5.25. The van der Waals surface area contributed by atoms with E-state index in [1.165, 1.54) is 0 Å².